The Morgan fingerprint density at radius 3 is 3.10 bits per heavy atom. The molecule has 0 spiro atoms. The maximum Gasteiger partial charge on any atom is 0.117 e. The van der Waals surface area contributed by atoms with Gasteiger partial charge < -0.3 is 15.2 Å². The molecule has 1 atom stereocenters. The van der Waals surface area contributed by atoms with E-state index < -0.39 is 0 Å². The third-order valence-corrected chi connectivity index (χ3v) is 1.36. The van der Waals surface area contributed by atoms with Crippen molar-refractivity contribution in [1.29, 1.82) is 5.41 Å². The molecule has 1 fully saturated rings. The van der Waals surface area contributed by atoms with Crippen molar-refractivity contribution in [3.05, 3.63) is 0 Å². The predicted molar refractivity (Wildman–Crippen MR) is 37.1 cm³/mol. The van der Waals surface area contributed by atoms with Gasteiger partial charge in [-0.15, -0.1) is 0 Å². The molecule has 1 unspecified atom stereocenters. The first kappa shape index (κ1) is 7.50. The lowest BCUT2D eigenvalue weighted by Gasteiger charge is -2.07. The average molecular weight is 144 g/mol. The molecule has 1 aliphatic heterocycles. The fraction of sp³-hybridized carbons (Fsp3) is 0.833. The molecule has 0 saturated carbocycles. The summed E-state index contributed by atoms with van der Waals surface area (Å²) < 4.78 is 10.2. The van der Waals surface area contributed by atoms with Crippen LogP contribution < -0.4 is 5.73 Å². The molecule has 58 valence electrons. The quantitative estimate of drug-likeness (QED) is 0.423. The Kier molecular flexibility index (Phi) is 2.65. The largest absolute Gasteiger partial charge is 0.386 e. The Labute approximate surface area is 59.8 Å². The van der Waals surface area contributed by atoms with Gasteiger partial charge in [-0.25, -0.2) is 0 Å². The SMILES string of the molecule is N=C(N)COC1CCOC1. The first-order valence-electron chi connectivity index (χ1n) is 3.31. The second-order valence-corrected chi connectivity index (χ2v) is 2.32. The number of hydrogen-bond donors (Lipinski definition) is 2. The molecule has 4 heteroatoms. The maximum atomic E-state index is 6.87. The topological polar surface area (TPSA) is 68.3 Å². The molecule has 1 rings (SSSR count). The Hall–Kier alpha value is -0.610. The van der Waals surface area contributed by atoms with E-state index >= 15 is 0 Å². The molecule has 0 aromatic heterocycles. The highest BCUT2D eigenvalue weighted by Gasteiger charge is 2.15. The van der Waals surface area contributed by atoms with E-state index in [0.29, 0.717) is 6.61 Å². The Bertz CT molecular complexity index is 121. The molecule has 10 heavy (non-hydrogen) atoms. The van der Waals surface area contributed by atoms with Crippen LogP contribution in [0.3, 0.4) is 0 Å². The second kappa shape index (κ2) is 3.53. The van der Waals surface area contributed by atoms with E-state index in [-0.39, 0.29) is 18.5 Å². The zero-order valence-electron chi connectivity index (χ0n) is 5.80. The van der Waals surface area contributed by atoms with Gasteiger partial charge in [0.1, 0.15) is 12.4 Å². The highest BCUT2D eigenvalue weighted by molar-refractivity contribution is 5.78. The standard InChI is InChI=1S/C6H12N2O2/c7-6(8)4-10-5-1-2-9-3-5/h5H,1-4H2,(H3,7,8). The van der Waals surface area contributed by atoms with Gasteiger partial charge in [-0.3, -0.25) is 5.41 Å². The highest BCUT2D eigenvalue weighted by atomic mass is 16.5. The normalized spacial score (nSPS) is 25.0. The number of ether oxygens (including phenoxy) is 2. The summed E-state index contributed by atoms with van der Waals surface area (Å²) in [6.45, 7) is 1.64. The minimum Gasteiger partial charge on any atom is -0.386 e. The first-order valence-corrected chi connectivity index (χ1v) is 3.31. The Balaban J connectivity index is 2.07. The van der Waals surface area contributed by atoms with E-state index in [9.17, 15) is 0 Å². The van der Waals surface area contributed by atoms with E-state index in [1.54, 1.807) is 0 Å². The minimum atomic E-state index is 0.0758. The van der Waals surface area contributed by atoms with Crippen LogP contribution in [0, 0.1) is 5.41 Å². The minimum absolute atomic E-state index is 0.0758. The first-order chi connectivity index (χ1) is 4.79. The number of nitrogens with two attached hydrogens (primary N) is 1. The van der Waals surface area contributed by atoms with Crippen molar-refractivity contribution < 1.29 is 9.47 Å². The molecule has 4 nitrogen and oxygen atoms in total. The van der Waals surface area contributed by atoms with E-state index in [0.717, 1.165) is 13.0 Å². The maximum absolute atomic E-state index is 6.87. The van der Waals surface area contributed by atoms with Gasteiger partial charge in [0, 0.05) is 6.61 Å². The summed E-state index contributed by atoms with van der Waals surface area (Å²) in [4.78, 5) is 0. The third kappa shape index (κ3) is 2.33. The zero-order chi connectivity index (χ0) is 7.40. The molecule has 0 aromatic rings. The van der Waals surface area contributed by atoms with Crippen LogP contribution in [0.5, 0.6) is 0 Å². The van der Waals surface area contributed by atoms with Crippen molar-refractivity contribution in [3.63, 3.8) is 0 Å². The smallest absolute Gasteiger partial charge is 0.117 e. The molecule has 0 radical (unpaired) electrons. The van der Waals surface area contributed by atoms with Gasteiger partial charge in [0.05, 0.1) is 12.7 Å². The molecule has 0 bridgehead atoms. The lowest BCUT2D eigenvalue weighted by atomic mass is 10.3. The van der Waals surface area contributed by atoms with E-state index in [1.807, 2.05) is 0 Å². The lowest BCUT2D eigenvalue weighted by Crippen LogP contribution is -2.22. The monoisotopic (exact) mass is 144 g/mol. The summed E-state index contributed by atoms with van der Waals surface area (Å²) in [7, 11) is 0. The van der Waals surface area contributed by atoms with Crippen LogP contribution in [0.25, 0.3) is 0 Å². The van der Waals surface area contributed by atoms with Gasteiger partial charge in [0.25, 0.3) is 0 Å². The van der Waals surface area contributed by atoms with Gasteiger partial charge in [-0.05, 0) is 6.42 Å². The van der Waals surface area contributed by atoms with Crippen LogP contribution in [-0.2, 0) is 9.47 Å². The molecular formula is C6H12N2O2. The van der Waals surface area contributed by atoms with Crippen molar-refractivity contribution >= 4 is 5.84 Å². The van der Waals surface area contributed by atoms with Gasteiger partial charge in [-0.2, -0.15) is 0 Å². The van der Waals surface area contributed by atoms with Crippen molar-refractivity contribution in [2.45, 2.75) is 12.5 Å². The molecule has 1 aliphatic rings. The molecule has 1 saturated heterocycles. The van der Waals surface area contributed by atoms with Crippen molar-refractivity contribution in [2.75, 3.05) is 19.8 Å². The van der Waals surface area contributed by atoms with Gasteiger partial charge >= 0.3 is 0 Å². The summed E-state index contributed by atoms with van der Waals surface area (Å²) in [6, 6.07) is 0. The predicted octanol–water partition coefficient (Wildman–Crippen LogP) is -0.272. The lowest BCUT2D eigenvalue weighted by molar-refractivity contribution is 0.0655. The fourth-order valence-electron chi connectivity index (χ4n) is 0.852. The highest BCUT2D eigenvalue weighted by Crippen LogP contribution is 2.06. The second-order valence-electron chi connectivity index (χ2n) is 2.32. The van der Waals surface area contributed by atoms with Gasteiger partial charge in [0.2, 0.25) is 0 Å². The van der Waals surface area contributed by atoms with Crippen molar-refractivity contribution in [3.8, 4) is 0 Å². The number of hydrogen-bond acceptors (Lipinski definition) is 3. The Morgan fingerprint density at radius 1 is 1.80 bits per heavy atom. The molecule has 0 aromatic carbocycles. The molecular weight excluding hydrogens is 132 g/mol. The summed E-state index contributed by atoms with van der Waals surface area (Å²) in [5.74, 6) is 0.0758. The third-order valence-electron chi connectivity index (χ3n) is 1.36. The van der Waals surface area contributed by atoms with Crippen LogP contribution >= 0.6 is 0 Å². The molecule has 1 heterocycles. The van der Waals surface area contributed by atoms with E-state index in [1.165, 1.54) is 0 Å². The fourth-order valence-corrected chi connectivity index (χ4v) is 0.852. The van der Waals surface area contributed by atoms with Crippen LogP contribution in [0.15, 0.2) is 0 Å². The molecule has 0 aliphatic carbocycles. The summed E-state index contributed by atoms with van der Waals surface area (Å²) in [6.07, 6.45) is 1.08. The van der Waals surface area contributed by atoms with Gasteiger partial charge in [-0.1, -0.05) is 0 Å². The van der Waals surface area contributed by atoms with Crippen molar-refractivity contribution in [2.24, 2.45) is 5.73 Å². The van der Waals surface area contributed by atoms with Gasteiger partial charge in [0.15, 0.2) is 0 Å². The van der Waals surface area contributed by atoms with Crippen LogP contribution in [-0.4, -0.2) is 31.8 Å². The summed E-state index contributed by atoms with van der Waals surface area (Å²) >= 11 is 0. The van der Waals surface area contributed by atoms with Crippen LogP contribution in [0.1, 0.15) is 6.42 Å². The van der Waals surface area contributed by atoms with E-state index in [4.69, 9.17) is 20.6 Å². The molecule has 0 amide bonds. The summed E-state index contributed by atoms with van der Waals surface area (Å²) in [5, 5.41) is 6.87. The zero-order valence-corrected chi connectivity index (χ0v) is 5.80. The van der Waals surface area contributed by atoms with Crippen LogP contribution in [0.4, 0.5) is 0 Å². The number of nitrogens with one attached hydrogen (secondary N) is 1. The van der Waals surface area contributed by atoms with Crippen LogP contribution in [0.2, 0.25) is 0 Å². The summed E-state index contributed by atoms with van der Waals surface area (Å²) in [5.41, 5.74) is 5.09. The molecule has 3 N–H and O–H groups in total. The Morgan fingerprint density at radius 2 is 2.60 bits per heavy atom. The van der Waals surface area contributed by atoms with Crippen molar-refractivity contribution in [1.82, 2.24) is 0 Å². The van der Waals surface area contributed by atoms with E-state index in [2.05, 4.69) is 0 Å². The number of amidine groups is 1. The average Bonchev–Trinajstić information content (AvgIpc) is 2.34. The number of rotatable bonds is 3.